The number of hydrogen-bond donors (Lipinski definition) is 2. The summed E-state index contributed by atoms with van der Waals surface area (Å²) >= 11 is 0. The number of sulfonamides is 1. The van der Waals surface area contributed by atoms with Crippen molar-refractivity contribution in [2.24, 2.45) is 0 Å². The average molecular weight is 396 g/mol. The van der Waals surface area contributed by atoms with E-state index in [0.29, 0.717) is 25.5 Å². The van der Waals surface area contributed by atoms with Crippen molar-refractivity contribution in [1.29, 1.82) is 0 Å². The van der Waals surface area contributed by atoms with Crippen LogP contribution >= 0.6 is 0 Å². The van der Waals surface area contributed by atoms with E-state index in [1.807, 2.05) is 0 Å². The summed E-state index contributed by atoms with van der Waals surface area (Å²) in [7, 11) is -4.28. The Morgan fingerprint density at radius 2 is 2.08 bits per heavy atom. The van der Waals surface area contributed by atoms with Gasteiger partial charge in [-0.2, -0.15) is 8.78 Å². The highest BCUT2D eigenvalue weighted by Crippen LogP contribution is 2.30. The van der Waals surface area contributed by atoms with Crippen LogP contribution in [0.25, 0.3) is 0 Å². The lowest BCUT2D eigenvalue weighted by atomic mass is 9.86. The van der Waals surface area contributed by atoms with Crippen LogP contribution in [0, 0.1) is 5.82 Å². The molecule has 2 N–H and O–H groups in total. The normalized spacial score (nSPS) is 20.2. The lowest BCUT2D eigenvalue weighted by Crippen LogP contribution is -2.54. The van der Waals surface area contributed by atoms with E-state index in [-0.39, 0.29) is 12.6 Å². The Hall–Kier alpha value is -1.85. The molecule has 146 valence electrons. The number of nitrogens with one attached hydrogen (secondary N) is 1. The molecule has 0 aliphatic heterocycles. The van der Waals surface area contributed by atoms with Gasteiger partial charge in [0.05, 0.1) is 6.54 Å². The highest BCUT2D eigenvalue weighted by atomic mass is 32.2. The lowest BCUT2D eigenvalue weighted by molar-refractivity contribution is -0.139. The number of carboxylic acid groups (broad SMARTS) is 1. The minimum absolute atomic E-state index is 0.104. The summed E-state index contributed by atoms with van der Waals surface area (Å²) in [5.41, 5.74) is 0. The first-order valence-corrected chi connectivity index (χ1v) is 9.33. The number of alkyl halides is 2. The van der Waals surface area contributed by atoms with E-state index in [9.17, 15) is 26.4 Å². The van der Waals surface area contributed by atoms with Crippen molar-refractivity contribution < 1.29 is 36.2 Å². The molecule has 7 nitrogen and oxygen atoms in total. The third-order valence-electron chi connectivity index (χ3n) is 4.11. The zero-order chi connectivity index (χ0) is 19.5. The first-order valence-electron chi connectivity index (χ1n) is 7.85. The third-order valence-corrected chi connectivity index (χ3v) is 5.65. The van der Waals surface area contributed by atoms with Crippen LogP contribution in [0.4, 0.5) is 13.2 Å². The van der Waals surface area contributed by atoms with Crippen LogP contribution < -0.4 is 9.46 Å². The Morgan fingerprint density at radius 3 is 2.62 bits per heavy atom. The number of nitrogens with zero attached hydrogens (tertiary/aromatic N) is 1. The molecule has 0 atom stereocenters. The van der Waals surface area contributed by atoms with E-state index in [4.69, 9.17) is 5.11 Å². The second-order valence-electron chi connectivity index (χ2n) is 5.87. The first kappa shape index (κ1) is 20.5. The number of aliphatic carboxylic acids is 1. The highest BCUT2D eigenvalue weighted by molar-refractivity contribution is 7.89. The summed E-state index contributed by atoms with van der Waals surface area (Å²) in [6.07, 6.45) is 0.724. The first-order chi connectivity index (χ1) is 12.1. The van der Waals surface area contributed by atoms with Gasteiger partial charge in [-0.3, -0.25) is 9.69 Å². The minimum atomic E-state index is -4.28. The molecule has 1 fully saturated rings. The second-order valence-corrected chi connectivity index (χ2v) is 7.55. The minimum Gasteiger partial charge on any atom is -0.480 e. The van der Waals surface area contributed by atoms with E-state index < -0.39 is 45.1 Å². The maximum atomic E-state index is 13.4. The van der Waals surface area contributed by atoms with Crippen molar-refractivity contribution >= 4 is 16.0 Å². The molecule has 11 heteroatoms. The summed E-state index contributed by atoms with van der Waals surface area (Å²) in [4.78, 5) is 11.8. The quantitative estimate of drug-likeness (QED) is 0.659. The predicted molar refractivity (Wildman–Crippen MR) is 85.0 cm³/mol. The number of likely N-dealkylation sites (N-methyl/N-ethyl adjacent to an activating group) is 1. The predicted octanol–water partition coefficient (Wildman–Crippen LogP) is 1.64. The van der Waals surface area contributed by atoms with E-state index in [0.717, 1.165) is 12.1 Å². The maximum Gasteiger partial charge on any atom is 0.387 e. The van der Waals surface area contributed by atoms with Gasteiger partial charge in [0, 0.05) is 12.1 Å². The molecule has 1 saturated carbocycles. The van der Waals surface area contributed by atoms with Crippen LogP contribution in [0.15, 0.2) is 23.1 Å². The fourth-order valence-corrected chi connectivity index (χ4v) is 4.23. The van der Waals surface area contributed by atoms with Gasteiger partial charge in [0.1, 0.15) is 16.5 Å². The molecular formula is C15H19F3N2O5S. The SMILES string of the molecule is CCN(CC(=O)O)C1CC(NS(=O)(=O)c2cc(F)ccc2OC(F)F)C1. The maximum absolute atomic E-state index is 13.4. The molecule has 0 radical (unpaired) electrons. The molecule has 0 spiro atoms. The molecule has 2 rings (SSSR count). The monoisotopic (exact) mass is 396 g/mol. The van der Waals surface area contributed by atoms with Gasteiger partial charge in [0.15, 0.2) is 0 Å². The van der Waals surface area contributed by atoms with Crippen molar-refractivity contribution in [2.45, 2.75) is 43.4 Å². The molecule has 0 aromatic heterocycles. The molecule has 0 amide bonds. The number of hydrogen-bond acceptors (Lipinski definition) is 5. The fraction of sp³-hybridized carbons (Fsp3) is 0.533. The van der Waals surface area contributed by atoms with Crippen LogP contribution in [0.2, 0.25) is 0 Å². The Kier molecular flexibility index (Phi) is 6.48. The smallest absolute Gasteiger partial charge is 0.387 e. The Labute approximate surface area is 148 Å². The van der Waals surface area contributed by atoms with Gasteiger partial charge in [-0.15, -0.1) is 0 Å². The standard InChI is InChI=1S/C15H19F3N2O5S/c1-2-20(8-14(21)22)11-6-10(7-11)19-26(23,24)13-5-9(16)3-4-12(13)25-15(17)18/h3-5,10-11,15,19H,2,6-8H2,1H3,(H,21,22). The van der Waals surface area contributed by atoms with E-state index in [2.05, 4.69) is 9.46 Å². The van der Waals surface area contributed by atoms with E-state index in [1.165, 1.54) is 0 Å². The molecule has 0 saturated heterocycles. The zero-order valence-corrected chi connectivity index (χ0v) is 14.7. The second kappa shape index (κ2) is 8.23. The van der Waals surface area contributed by atoms with Crippen molar-refractivity contribution in [3.05, 3.63) is 24.0 Å². The molecular weight excluding hydrogens is 377 g/mol. The van der Waals surface area contributed by atoms with Gasteiger partial charge in [0.2, 0.25) is 10.0 Å². The summed E-state index contributed by atoms with van der Waals surface area (Å²) in [5, 5.41) is 8.85. The van der Waals surface area contributed by atoms with Crippen molar-refractivity contribution in [1.82, 2.24) is 9.62 Å². The van der Waals surface area contributed by atoms with Gasteiger partial charge < -0.3 is 9.84 Å². The van der Waals surface area contributed by atoms with E-state index >= 15 is 0 Å². The Morgan fingerprint density at radius 1 is 1.42 bits per heavy atom. The number of carbonyl (C=O) groups is 1. The van der Waals surface area contributed by atoms with Crippen LogP contribution in [0.5, 0.6) is 5.75 Å². The molecule has 0 unspecified atom stereocenters. The lowest BCUT2D eigenvalue weighted by Gasteiger charge is -2.42. The van der Waals surface area contributed by atoms with Gasteiger partial charge >= 0.3 is 12.6 Å². The van der Waals surface area contributed by atoms with Gasteiger partial charge in [0.25, 0.3) is 0 Å². The highest BCUT2D eigenvalue weighted by Gasteiger charge is 2.37. The summed E-state index contributed by atoms with van der Waals surface area (Å²) < 4.78 is 69.5. The molecule has 26 heavy (non-hydrogen) atoms. The van der Waals surface area contributed by atoms with Crippen LogP contribution in [0.1, 0.15) is 19.8 Å². The van der Waals surface area contributed by atoms with Crippen LogP contribution in [-0.4, -0.2) is 56.2 Å². The Bertz CT molecular complexity index is 754. The summed E-state index contributed by atoms with van der Waals surface area (Å²) in [6.45, 7) is -1.12. The molecule has 0 bridgehead atoms. The zero-order valence-electron chi connectivity index (χ0n) is 13.9. The van der Waals surface area contributed by atoms with Crippen molar-refractivity contribution in [3.63, 3.8) is 0 Å². The number of rotatable bonds is 9. The molecule has 1 aliphatic carbocycles. The van der Waals surface area contributed by atoms with Gasteiger partial charge in [-0.1, -0.05) is 6.92 Å². The van der Waals surface area contributed by atoms with Crippen molar-refractivity contribution in [2.75, 3.05) is 13.1 Å². The fourth-order valence-electron chi connectivity index (χ4n) is 2.82. The molecule has 1 aliphatic rings. The third kappa shape index (κ3) is 5.08. The largest absolute Gasteiger partial charge is 0.480 e. The number of halogens is 3. The van der Waals surface area contributed by atoms with Crippen LogP contribution in [0.3, 0.4) is 0 Å². The summed E-state index contributed by atoms with van der Waals surface area (Å²) in [6, 6.07) is 1.65. The molecule has 1 aromatic carbocycles. The van der Waals surface area contributed by atoms with Crippen LogP contribution in [-0.2, 0) is 14.8 Å². The topological polar surface area (TPSA) is 95.9 Å². The number of carboxylic acids is 1. The average Bonchev–Trinajstić information content (AvgIpc) is 2.49. The molecule has 0 heterocycles. The summed E-state index contributed by atoms with van der Waals surface area (Å²) in [5.74, 6) is -2.53. The van der Waals surface area contributed by atoms with Gasteiger partial charge in [-0.25, -0.2) is 17.5 Å². The number of benzene rings is 1. The van der Waals surface area contributed by atoms with E-state index in [1.54, 1.807) is 11.8 Å². The molecule has 1 aromatic rings. The Balaban J connectivity index is 2.07. The number of ether oxygens (including phenoxy) is 1. The van der Waals surface area contributed by atoms with Crippen molar-refractivity contribution in [3.8, 4) is 5.75 Å². The van der Waals surface area contributed by atoms with Gasteiger partial charge in [-0.05, 0) is 37.6 Å².